The van der Waals surface area contributed by atoms with E-state index in [0.717, 1.165) is 21.5 Å². The van der Waals surface area contributed by atoms with Gasteiger partial charge < -0.3 is 9.72 Å². The predicted octanol–water partition coefficient (Wildman–Crippen LogP) is 2.84. The number of hydrogen-bond donors (Lipinski definition) is 1. The molecule has 27 heavy (non-hydrogen) atoms. The first kappa shape index (κ1) is 16.7. The number of pyridine rings is 1. The number of imide groups is 1. The van der Waals surface area contributed by atoms with Gasteiger partial charge in [0.25, 0.3) is 5.91 Å². The van der Waals surface area contributed by atoms with Gasteiger partial charge in [0, 0.05) is 35.8 Å². The molecule has 1 fully saturated rings. The molecule has 1 aromatic carbocycles. The number of nitrogens with zero attached hydrogens (tertiary/aromatic N) is 2. The van der Waals surface area contributed by atoms with Crippen LogP contribution in [0.5, 0.6) is 5.75 Å². The van der Waals surface area contributed by atoms with Gasteiger partial charge in [-0.05, 0) is 42.5 Å². The smallest absolute Gasteiger partial charge is 0.308 e. The molecule has 134 valence electrons. The highest BCUT2D eigenvalue weighted by atomic mass is 16.5. The van der Waals surface area contributed by atoms with Crippen LogP contribution in [0.1, 0.15) is 18.9 Å². The van der Waals surface area contributed by atoms with Gasteiger partial charge in [-0.25, -0.2) is 9.88 Å². The summed E-state index contributed by atoms with van der Waals surface area (Å²) in [6.07, 6.45) is 5.19. The number of esters is 1. The summed E-state index contributed by atoms with van der Waals surface area (Å²) in [6, 6.07) is 9.96. The van der Waals surface area contributed by atoms with Crippen LogP contribution in [-0.4, -0.2) is 27.8 Å². The molecule has 1 aliphatic rings. The lowest BCUT2D eigenvalue weighted by molar-refractivity contribution is -0.132. The van der Waals surface area contributed by atoms with E-state index in [0.29, 0.717) is 17.0 Å². The number of H-pyrrole nitrogens is 1. The van der Waals surface area contributed by atoms with Gasteiger partial charge in [0.2, 0.25) is 5.91 Å². The summed E-state index contributed by atoms with van der Waals surface area (Å²) in [7, 11) is 0. The average Bonchev–Trinajstić information content (AvgIpc) is 3.17. The molecule has 7 nitrogen and oxygen atoms in total. The molecule has 0 spiro atoms. The number of hydrogen-bond acceptors (Lipinski definition) is 5. The molecule has 0 radical (unpaired) electrons. The molecule has 3 heterocycles. The summed E-state index contributed by atoms with van der Waals surface area (Å²) in [5, 5.41) is 0.884. The SMILES string of the molecule is CC(=O)Oc1ccc(N2C(=O)CC(=Cc3c[nH]c4ncccc34)C2=O)cc1. The van der Waals surface area contributed by atoms with Crippen molar-refractivity contribution in [2.45, 2.75) is 13.3 Å². The van der Waals surface area contributed by atoms with Gasteiger partial charge in [0.05, 0.1) is 12.1 Å². The van der Waals surface area contributed by atoms with Crippen LogP contribution in [0.15, 0.2) is 54.4 Å². The lowest BCUT2D eigenvalue weighted by Gasteiger charge is -2.13. The second-order valence-corrected chi connectivity index (χ2v) is 6.11. The largest absolute Gasteiger partial charge is 0.427 e. The van der Waals surface area contributed by atoms with Gasteiger partial charge in [-0.3, -0.25) is 14.4 Å². The summed E-state index contributed by atoms with van der Waals surface area (Å²) in [5.41, 5.74) is 2.37. The van der Waals surface area contributed by atoms with Crippen LogP contribution in [0.3, 0.4) is 0 Å². The molecule has 3 aromatic rings. The van der Waals surface area contributed by atoms with Crippen LogP contribution in [0.25, 0.3) is 17.1 Å². The van der Waals surface area contributed by atoms with Crippen LogP contribution in [0.4, 0.5) is 5.69 Å². The number of nitrogens with one attached hydrogen (secondary N) is 1. The monoisotopic (exact) mass is 361 g/mol. The van der Waals surface area contributed by atoms with Gasteiger partial charge in [0.15, 0.2) is 0 Å². The number of carbonyl (C=O) groups is 3. The Morgan fingerprint density at radius 3 is 2.74 bits per heavy atom. The highest BCUT2D eigenvalue weighted by molar-refractivity contribution is 6.29. The quantitative estimate of drug-likeness (QED) is 0.335. The number of ether oxygens (including phenoxy) is 1. The molecule has 0 atom stereocenters. The van der Waals surface area contributed by atoms with E-state index in [4.69, 9.17) is 4.74 Å². The van der Waals surface area contributed by atoms with Gasteiger partial charge in [0.1, 0.15) is 11.4 Å². The average molecular weight is 361 g/mol. The van der Waals surface area contributed by atoms with Crippen LogP contribution in [-0.2, 0) is 14.4 Å². The molecule has 2 amide bonds. The number of rotatable bonds is 3. The van der Waals surface area contributed by atoms with E-state index in [9.17, 15) is 14.4 Å². The summed E-state index contributed by atoms with van der Waals surface area (Å²) in [6.45, 7) is 1.30. The first-order chi connectivity index (χ1) is 13.0. The third-order valence-electron chi connectivity index (χ3n) is 4.24. The normalized spacial score (nSPS) is 15.7. The van der Waals surface area contributed by atoms with E-state index in [-0.39, 0.29) is 18.2 Å². The van der Waals surface area contributed by atoms with E-state index in [1.54, 1.807) is 42.7 Å². The molecule has 0 unspecified atom stereocenters. The van der Waals surface area contributed by atoms with E-state index < -0.39 is 5.97 Å². The van der Waals surface area contributed by atoms with Crippen molar-refractivity contribution in [1.82, 2.24) is 9.97 Å². The fraction of sp³-hybridized carbons (Fsp3) is 0.100. The summed E-state index contributed by atoms with van der Waals surface area (Å²) in [4.78, 5) is 44.6. The second-order valence-electron chi connectivity index (χ2n) is 6.11. The summed E-state index contributed by atoms with van der Waals surface area (Å²) >= 11 is 0. The molecule has 0 bridgehead atoms. The van der Waals surface area contributed by atoms with Crippen molar-refractivity contribution in [1.29, 1.82) is 0 Å². The zero-order chi connectivity index (χ0) is 19.0. The molecule has 1 saturated heterocycles. The molecular weight excluding hydrogens is 346 g/mol. The maximum Gasteiger partial charge on any atom is 0.308 e. The van der Waals surface area contributed by atoms with E-state index in [2.05, 4.69) is 9.97 Å². The van der Waals surface area contributed by atoms with Crippen molar-refractivity contribution >= 4 is 40.6 Å². The lowest BCUT2D eigenvalue weighted by Crippen LogP contribution is -2.28. The second kappa shape index (κ2) is 6.53. The van der Waals surface area contributed by atoms with Gasteiger partial charge >= 0.3 is 5.97 Å². The predicted molar refractivity (Wildman–Crippen MR) is 98.9 cm³/mol. The number of aromatic nitrogens is 2. The minimum atomic E-state index is -0.436. The molecule has 2 aromatic heterocycles. The molecular formula is C20H15N3O4. The Kier molecular flexibility index (Phi) is 4.04. The number of aromatic amines is 1. The Labute approximate surface area is 154 Å². The first-order valence-corrected chi connectivity index (χ1v) is 8.31. The van der Waals surface area contributed by atoms with Crippen LogP contribution >= 0.6 is 0 Å². The van der Waals surface area contributed by atoms with Crippen LogP contribution in [0, 0.1) is 0 Å². The van der Waals surface area contributed by atoms with Crippen molar-refractivity contribution in [2.75, 3.05) is 4.90 Å². The fourth-order valence-corrected chi connectivity index (χ4v) is 3.06. The zero-order valence-electron chi connectivity index (χ0n) is 14.4. The first-order valence-electron chi connectivity index (χ1n) is 8.31. The van der Waals surface area contributed by atoms with Crippen LogP contribution < -0.4 is 9.64 Å². The van der Waals surface area contributed by atoms with Crippen molar-refractivity contribution in [3.8, 4) is 5.75 Å². The Morgan fingerprint density at radius 2 is 2.00 bits per heavy atom. The van der Waals surface area contributed by atoms with Crippen LogP contribution in [0.2, 0.25) is 0 Å². The number of carbonyl (C=O) groups excluding carboxylic acids is 3. The maximum atomic E-state index is 12.8. The maximum absolute atomic E-state index is 12.8. The Balaban J connectivity index is 1.63. The molecule has 7 heteroatoms. The fourth-order valence-electron chi connectivity index (χ4n) is 3.06. The van der Waals surface area contributed by atoms with Crippen molar-refractivity contribution < 1.29 is 19.1 Å². The number of anilines is 1. The third-order valence-corrected chi connectivity index (χ3v) is 4.24. The molecule has 0 saturated carbocycles. The Morgan fingerprint density at radius 1 is 1.22 bits per heavy atom. The summed E-state index contributed by atoms with van der Waals surface area (Å²) < 4.78 is 4.97. The molecule has 0 aliphatic carbocycles. The highest BCUT2D eigenvalue weighted by Gasteiger charge is 2.35. The molecule has 4 rings (SSSR count). The van der Waals surface area contributed by atoms with Gasteiger partial charge in [-0.2, -0.15) is 0 Å². The van der Waals surface area contributed by atoms with Crippen molar-refractivity contribution in [3.05, 3.63) is 59.9 Å². The molecule has 1 aliphatic heterocycles. The minimum absolute atomic E-state index is 0.0253. The summed E-state index contributed by atoms with van der Waals surface area (Å²) in [5.74, 6) is -0.746. The number of benzene rings is 1. The van der Waals surface area contributed by atoms with Crippen molar-refractivity contribution in [3.63, 3.8) is 0 Å². The van der Waals surface area contributed by atoms with E-state index >= 15 is 0 Å². The third kappa shape index (κ3) is 3.10. The highest BCUT2D eigenvalue weighted by Crippen LogP contribution is 2.30. The number of fused-ring (bicyclic) bond motifs is 1. The number of amides is 2. The topological polar surface area (TPSA) is 92.4 Å². The van der Waals surface area contributed by atoms with E-state index in [1.165, 1.54) is 6.92 Å². The van der Waals surface area contributed by atoms with Gasteiger partial charge in [-0.15, -0.1) is 0 Å². The van der Waals surface area contributed by atoms with Crippen molar-refractivity contribution in [2.24, 2.45) is 0 Å². The minimum Gasteiger partial charge on any atom is -0.427 e. The lowest BCUT2D eigenvalue weighted by atomic mass is 10.1. The van der Waals surface area contributed by atoms with Gasteiger partial charge in [-0.1, -0.05) is 0 Å². The van der Waals surface area contributed by atoms with E-state index in [1.807, 2.05) is 12.1 Å². The Hall–Kier alpha value is -3.74. The standard InChI is InChI=1S/C20H15N3O4/c1-12(24)27-16-6-4-15(5-7-16)23-18(25)10-13(20(23)26)9-14-11-22-19-17(14)3-2-8-21-19/h2-9,11H,10H2,1H3,(H,21,22). The molecule has 1 N–H and O–H groups in total. The Bertz CT molecular complexity index is 1100. The zero-order valence-corrected chi connectivity index (χ0v) is 14.4.